The standard InChI is InChI=1S/C14H26O/c1-2-3-4-5-6-7-8-9-10-11-12-14-13-15-14/h2,14H,1,3-13H2/t14-/m1/s1. The molecular formula is C14H26O. The van der Waals surface area contributed by atoms with Crippen LogP contribution in [-0.2, 0) is 4.74 Å². The molecule has 0 N–H and O–H groups in total. The molecule has 1 nitrogen and oxygen atoms in total. The van der Waals surface area contributed by atoms with Gasteiger partial charge in [0.05, 0.1) is 12.7 Å². The van der Waals surface area contributed by atoms with Gasteiger partial charge in [0.1, 0.15) is 0 Å². The van der Waals surface area contributed by atoms with E-state index >= 15 is 0 Å². The maximum atomic E-state index is 5.18. The summed E-state index contributed by atoms with van der Waals surface area (Å²) in [5, 5.41) is 0. The molecule has 0 saturated carbocycles. The number of ether oxygens (including phenoxy) is 1. The number of epoxide rings is 1. The third kappa shape index (κ3) is 8.68. The van der Waals surface area contributed by atoms with Crippen molar-refractivity contribution in [3.05, 3.63) is 12.7 Å². The van der Waals surface area contributed by atoms with E-state index in [4.69, 9.17) is 4.74 Å². The second-order valence-electron chi connectivity index (χ2n) is 4.65. The van der Waals surface area contributed by atoms with Crippen LogP contribution in [0.5, 0.6) is 0 Å². The summed E-state index contributed by atoms with van der Waals surface area (Å²) in [5.41, 5.74) is 0. The van der Waals surface area contributed by atoms with E-state index in [-0.39, 0.29) is 0 Å². The van der Waals surface area contributed by atoms with Gasteiger partial charge in [0.25, 0.3) is 0 Å². The Hall–Kier alpha value is -0.300. The topological polar surface area (TPSA) is 12.5 Å². The second-order valence-corrected chi connectivity index (χ2v) is 4.65. The van der Waals surface area contributed by atoms with Crippen molar-refractivity contribution in [3.63, 3.8) is 0 Å². The Bertz CT molecular complexity index is 149. The highest BCUT2D eigenvalue weighted by atomic mass is 16.6. The van der Waals surface area contributed by atoms with E-state index in [2.05, 4.69) is 6.58 Å². The van der Waals surface area contributed by atoms with E-state index in [1.807, 2.05) is 6.08 Å². The Morgan fingerprint density at radius 1 is 0.933 bits per heavy atom. The Kier molecular flexibility index (Phi) is 7.63. The summed E-state index contributed by atoms with van der Waals surface area (Å²) in [6.07, 6.45) is 16.4. The molecule has 0 aromatic heterocycles. The quantitative estimate of drug-likeness (QED) is 0.278. The van der Waals surface area contributed by atoms with Crippen molar-refractivity contribution < 1.29 is 4.74 Å². The maximum Gasteiger partial charge on any atom is 0.0810 e. The van der Waals surface area contributed by atoms with Crippen LogP contribution in [0, 0.1) is 0 Å². The summed E-state index contributed by atoms with van der Waals surface area (Å²) < 4.78 is 5.18. The highest BCUT2D eigenvalue weighted by molar-refractivity contribution is 4.68. The molecule has 0 aromatic rings. The SMILES string of the molecule is C=CCCCCCCCCCC[C@@H]1CO1. The lowest BCUT2D eigenvalue weighted by Crippen LogP contribution is -1.86. The Balaban J connectivity index is 1.63. The molecule has 0 aliphatic carbocycles. The fraction of sp³-hybridized carbons (Fsp3) is 0.857. The highest BCUT2D eigenvalue weighted by Gasteiger charge is 2.20. The van der Waals surface area contributed by atoms with E-state index in [1.54, 1.807) is 0 Å². The number of hydrogen-bond donors (Lipinski definition) is 0. The van der Waals surface area contributed by atoms with Gasteiger partial charge in [0.15, 0.2) is 0 Å². The summed E-state index contributed by atoms with van der Waals surface area (Å²) in [4.78, 5) is 0. The van der Waals surface area contributed by atoms with E-state index in [0.717, 1.165) is 6.61 Å². The predicted molar refractivity (Wildman–Crippen MR) is 66.1 cm³/mol. The van der Waals surface area contributed by atoms with E-state index in [0.29, 0.717) is 6.10 Å². The molecule has 1 rings (SSSR count). The van der Waals surface area contributed by atoms with Crippen LogP contribution in [0.2, 0.25) is 0 Å². The van der Waals surface area contributed by atoms with Gasteiger partial charge < -0.3 is 4.74 Å². The lowest BCUT2D eigenvalue weighted by Gasteiger charge is -2.00. The lowest BCUT2D eigenvalue weighted by molar-refractivity contribution is 0.387. The molecule has 0 unspecified atom stereocenters. The van der Waals surface area contributed by atoms with Gasteiger partial charge in [-0.05, 0) is 19.3 Å². The van der Waals surface area contributed by atoms with Crippen molar-refractivity contribution in [1.29, 1.82) is 0 Å². The Morgan fingerprint density at radius 2 is 1.47 bits per heavy atom. The minimum absolute atomic E-state index is 0.643. The first-order chi connectivity index (χ1) is 7.43. The zero-order valence-electron chi connectivity index (χ0n) is 10.0. The summed E-state index contributed by atoms with van der Waals surface area (Å²) in [6, 6.07) is 0. The first-order valence-electron chi connectivity index (χ1n) is 6.66. The first kappa shape index (κ1) is 12.8. The van der Waals surface area contributed by atoms with Gasteiger partial charge in [-0.1, -0.05) is 51.0 Å². The molecule has 0 radical (unpaired) electrons. The molecular weight excluding hydrogens is 184 g/mol. The number of rotatable bonds is 11. The fourth-order valence-electron chi connectivity index (χ4n) is 1.96. The minimum atomic E-state index is 0.643. The molecule has 0 amide bonds. The van der Waals surface area contributed by atoms with Crippen molar-refractivity contribution >= 4 is 0 Å². The molecule has 1 heteroatoms. The smallest absolute Gasteiger partial charge is 0.0810 e. The van der Waals surface area contributed by atoms with Crippen LogP contribution in [0.15, 0.2) is 12.7 Å². The summed E-state index contributed by atoms with van der Waals surface area (Å²) in [5.74, 6) is 0. The third-order valence-corrected chi connectivity index (χ3v) is 3.09. The molecule has 0 spiro atoms. The molecule has 15 heavy (non-hydrogen) atoms. The van der Waals surface area contributed by atoms with Crippen LogP contribution in [0.25, 0.3) is 0 Å². The van der Waals surface area contributed by atoms with Crippen LogP contribution in [0.3, 0.4) is 0 Å². The monoisotopic (exact) mass is 210 g/mol. The number of allylic oxidation sites excluding steroid dienone is 1. The summed E-state index contributed by atoms with van der Waals surface area (Å²) >= 11 is 0. The van der Waals surface area contributed by atoms with Crippen molar-refractivity contribution in [3.8, 4) is 0 Å². The van der Waals surface area contributed by atoms with Crippen LogP contribution < -0.4 is 0 Å². The van der Waals surface area contributed by atoms with E-state index < -0.39 is 0 Å². The molecule has 1 saturated heterocycles. The average molecular weight is 210 g/mol. The minimum Gasteiger partial charge on any atom is -0.373 e. The molecule has 1 aliphatic heterocycles. The highest BCUT2D eigenvalue weighted by Crippen LogP contribution is 2.18. The van der Waals surface area contributed by atoms with Crippen LogP contribution in [0.4, 0.5) is 0 Å². The van der Waals surface area contributed by atoms with Gasteiger partial charge in [-0.15, -0.1) is 6.58 Å². The largest absolute Gasteiger partial charge is 0.373 e. The van der Waals surface area contributed by atoms with Crippen LogP contribution in [0.1, 0.15) is 64.2 Å². The molecule has 1 heterocycles. The first-order valence-corrected chi connectivity index (χ1v) is 6.66. The van der Waals surface area contributed by atoms with Gasteiger partial charge in [-0.25, -0.2) is 0 Å². The normalized spacial score (nSPS) is 19.1. The second kappa shape index (κ2) is 8.96. The third-order valence-electron chi connectivity index (χ3n) is 3.09. The zero-order valence-corrected chi connectivity index (χ0v) is 10.0. The number of unbranched alkanes of at least 4 members (excludes halogenated alkanes) is 8. The molecule has 0 aromatic carbocycles. The van der Waals surface area contributed by atoms with Crippen LogP contribution in [-0.4, -0.2) is 12.7 Å². The van der Waals surface area contributed by atoms with Gasteiger partial charge in [0, 0.05) is 0 Å². The van der Waals surface area contributed by atoms with Gasteiger partial charge in [-0.2, -0.15) is 0 Å². The average Bonchev–Trinajstić information content (AvgIpc) is 3.05. The number of hydrogen-bond acceptors (Lipinski definition) is 1. The van der Waals surface area contributed by atoms with Crippen molar-refractivity contribution in [1.82, 2.24) is 0 Å². The zero-order chi connectivity index (χ0) is 10.8. The molecule has 1 atom stereocenters. The van der Waals surface area contributed by atoms with Crippen LogP contribution >= 0.6 is 0 Å². The maximum absolute atomic E-state index is 5.18. The molecule has 0 bridgehead atoms. The summed E-state index contributed by atoms with van der Waals surface area (Å²) in [6.45, 7) is 4.77. The fourth-order valence-corrected chi connectivity index (χ4v) is 1.96. The Labute approximate surface area is 94.9 Å². The van der Waals surface area contributed by atoms with Crippen molar-refractivity contribution in [2.24, 2.45) is 0 Å². The molecule has 1 aliphatic rings. The van der Waals surface area contributed by atoms with Gasteiger partial charge >= 0.3 is 0 Å². The van der Waals surface area contributed by atoms with Gasteiger partial charge in [-0.3, -0.25) is 0 Å². The predicted octanol–water partition coefficient (Wildman–Crippen LogP) is 4.47. The molecule has 1 fully saturated rings. The van der Waals surface area contributed by atoms with E-state index in [1.165, 1.54) is 64.2 Å². The molecule has 88 valence electrons. The summed E-state index contributed by atoms with van der Waals surface area (Å²) in [7, 11) is 0. The van der Waals surface area contributed by atoms with Crippen molar-refractivity contribution in [2.45, 2.75) is 70.3 Å². The van der Waals surface area contributed by atoms with Gasteiger partial charge in [0.2, 0.25) is 0 Å². The van der Waals surface area contributed by atoms with Crippen molar-refractivity contribution in [2.75, 3.05) is 6.61 Å². The Morgan fingerprint density at radius 3 is 2.00 bits per heavy atom. The van der Waals surface area contributed by atoms with E-state index in [9.17, 15) is 0 Å². The lowest BCUT2D eigenvalue weighted by atomic mass is 10.1.